The van der Waals surface area contributed by atoms with E-state index in [1.165, 1.54) is 18.3 Å². The van der Waals surface area contributed by atoms with Crippen molar-refractivity contribution in [1.29, 1.82) is 0 Å². The van der Waals surface area contributed by atoms with E-state index in [0.717, 1.165) is 12.1 Å². The molecule has 0 aliphatic carbocycles. The van der Waals surface area contributed by atoms with E-state index in [1.807, 2.05) is 0 Å². The van der Waals surface area contributed by atoms with Gasteiger partial charge in [0.15, 0.2) is 0 Å². The molecule has 0 unspecified atom stereocenters. The largest absolute Gasteiger partial charge is 0.573 e. The zero-order valence-corrected chi connectivity index (χ0v) is 15.2. The van der Waals surface area contributed by atoms with Crippen LogP contribution in [0.4, 0.5) is 30.4 Å². The topological polar surface area (TPSA) is 72.5 Å². The number of anilines is 3. The van der Waals surface area contributed by atoms with Crippen molar-refractivity contribution in [3.8, 4) is 11.5 Å². The first kappa shape index (κ1) is 20.0. The number of rotatable bonds is 6. The Balaban J connectivity index is 1.72. The maximum absolute atomic E-state index is 12.6. The van der Waals surface area contributed by atoms with Gasteiger partial charge in [-0.3, -0.25) is 4.79 Å². The molecule has 0 radical (unpaired) electrons. The Kier molecular flexibility index (Phi) is 5.87. The molecular formula is C20H16F3N3O3. The summed E-state index contributed by atoms with van der Waals surface area (Å²) in [7, 11) is 1.56. The molecule has 1 aromatic heterocycles. The molecule has 0 spiro atoms. The van der Waals surface area contributed by atoms with Gasteiger partial charge in [0.05, 0.1) is 12.7 Å². The molecule has 1 heterocycles. The summed E-state index contributed by atoms with van der Waals surface area (Å²) in [5.41, 5.74) is 1.27. The molecule has 0 fully saturated rings. The van der Waals surface area contributed by atoms with Crippen molar-refractivity contribution in [1.82, 2.24) is 4.98 Å². The fourth-order valence-electron chi connectivity index (χ4n) is 2.44. The summed E-state index contributed by atoms with van der Waals surface area (Å²) >= 11 is 0. The Morgan fingerprint density at radius 2 is 1.55 bits per heavy atom. The number of halogens is 3. The van der Waals surface area contributed by atoms with E-state index in [0.29, 0.717) is 22.9 Å². The monoisotopic (exact) mass is 403 g/mol. The number of nitrogens with zero attached hydrogens (tertiary/aromatic N) is 1. The number of methoxy groups -OCH3 is 1. The summed E-state index contributed by atoms with van der Waals surface area (Å²) in [6.45, 7) is 0. The molecular weight excluding hydrogens is 387 g/mol. The van der Waals surface area contributed by atoms with Gasteiger partial charge in [-0.2, -0.15) is 0 Å². The molecule has 3 aromatic rings. The normalized spacial score (nSPS) is 10.9. The third kappa shape index (κ3) is 5.61. The van der Waals surface area contributed by atoms with Gasteiger partial charge in [-0.05, 0) is 60.7 Å². The fraction of sp³-hybridized carbons (Fsp3) is 0.100. The molecule has 6 nitrogen and oxygen atoms in total. The third-order valence-corrected chi connectivity index (χ3v) is 3.75. The van der Waals surface area contributed by atoms with Crippen molar-refractivity contribution in [2.45, 2.75) is 6.36 Å². The van der Waals surface area contributed by atoms with Crippen molar-refractivity contribution in [3.63, 3.8) is 0 Å². The summed E-state index contributed by atoms with van der Waals surface area (Å²) in [5, 5.41) is 5.67. The minimum atomic E-state index is -4.78. The van der Waals surface area contributed by atoms with Crippen LogP contribution in [-0.4, -0.2) is 24.4 Å². The van der Waals surface area contributed by atoms with Gasteiger partial charge in [0.1, 0.15) is 17.3 Å². The number of benzene rings is 2. The van der Waals surface area contributed by atoms with Crippen molar-refractivity contribution < 1.29 is 27.4 Å². The number of aromatic nitrogens is 1. The summed E-state index contributed by atoms with van der Waals surface area (Å²) < 4.78 is 45.6. The van der Waals surface area contributed by atoms with E-state index in [-0.39, 0.29) is 11.3 Å². The van der Waals surface area contributed by atoms with Gasteiger partial charge in [-0.1, -0.05) is 0 Å². The predicted molar refractivity (Wildman–Crippen MR) is 102 cm³/mol. The molecule has 1 amide bonds. The Hall–Kier alpha value is -3.75. The van der Waals surface area contributed by atoms with E-state index >= 15 is 0 Å². The van der Waals surface area contributed by atoms with Crippen molar-refractivity contribution in [2.24, 2.45) is 0 Å². The summed E-state index contributed by atoms with van der Waals surface area (Å²) in [5.74, 6) is 0.164. The number of carbonyl (C=O) groups excluding carboxylic acids is 1. The number of ether oxygens (including phenoxy) is 2. The molecule has 0 saturated carbocycles. The number of amides is 1. The Morgan fingerprint density at radius 1 is 0.931 bits per heavy atom. The number of carbonyl (C=O) groups is 1. The van der Waals surface area contributed by atoms with E-state index < -0.39 is 12.3 Å². The fourth-order valence-corrected chi connectivity index (χ4v) is 2.44. The first-order chi connectivity index (χ1) is 13.8. The van der Waals surface area contributed by atoms with Gasteiger partial charge in [-0.25, -0.2) is 4.98 Å². The van der Waals surface area contributed by atoms with Gasteiger partial charge in [-0.15, -0.1) is 13.2 Å². The first-order valence-electron chi connectivity index (χ1n) is 8.37. The predicted octanol–water partition coefficient (Wildman–Crippen LogP) is 4.98. The van der Waals surface area contributed by atoms with Crippen LogP contribution < -0.4 is 20.1 Å². The van der Waals surface area contributed by atoms with Crippen LogP contribution in [0.1, 0.15) is 10.4 Å². The maximum Gasteiger partial charge on any atom is 0.573 e. The Labute approximate surface area is 164 Å². The highest BCUT2D eigenvalue weighted by molar-refractivity contribution is 6.07. The lowest BCUT2D eigenvalue weighted by molar-refractivity contribution is -0.274. The molecule has 9 heteroatoms. The molecule has 0 atom stereocenters. The lowest BCUT2D eigenvalue weighted by Crippen LogP contribution is -2.17. The highest BCUT2D eigenvalue weighted by Gasteiger charge is 2.31. The smallest absolute Gasteiger partial charge is 0.497 e. The lowest BCUT2D eigenvalue weighted by atomic mass is 10.2. The van der Waals surface area contributed by atoms with Crippen LogP contribution in [-0.2, 0) is 0 Å². The van der Waals surface area contributed by atoms with Gasteiger partial charge in [0.25, 0.3) is 5.91 Å². The standard InChI is InChI=1S/C20H16F3N3O3/c1-28-15-8-4-13(5-9-15)25-18-17(3-2-12-24-18)19(27)26-14-6-10-16(11-7-14)29-20(21,22)23/h2-12H,1H3,(H,24,25)(H,26,27). The third-order valence-electron chi connectivity index (χ3n) is 3.75. The molecule has 0 aliphatic rings. The van der Waals surface area contributed by atoms with Gasteiger partial charge < -0.3 is 20.1 Å². The summed E-state index contributed by atoms with van der Waals surface area (Å²) in [6, 6.07) is 15.1. The van der Waals surface area contributed by atoms with Crippen molar-refractivity contribution in [2.75, 3.05) is 17.7 Å². The summed E-state index contributed by atoms with van der Waals surface area (Å²) in [4.78, 5) is 16.8. The molecule has 0 aliphatic heterocycles. The van der Waals surface area contributed by atoms with Gasteiger partial charge in [0, 0.05) is 17.6 Å². The van der Waals surface area contributed by atoms with Gasteiger partial charge in [0.2, 0.25) is 0 Å². The molecule has 29 heavy (non-hydrogen) atoms. The van der Waals surface area contributed by atoms with Crippen LogP contribution in [0.2, 0.25) is 0 Å². The molecule has 150 valence electrons. The maximum atomic E-state index is 12.6. The second-order valence-corrected chi connectivity index (χ2v) is 5.78. The Morgan fingerprint density at radius 3 is 2.17 bits per heavy atom. The van der Waals surface area contributed by atoms with Gasteiger partial charge >= 0.3 is 6.36 Å². The lowest BCUT2D eigenvalue weighted by Gasteiger charge is -2.12. The number of nitrogens with one attached hydrogen (secondary N) is 2. The number of hydrogen-bond donors (Lipinski definition) is 2. The van der Waals surface area contributed by atoms with Crippen LogP contribution in [0.25, 0.3) is 0 Å². The number of alkyl halides is 3. The minimum absolute atomic E-state index is 0.263. The van der Waals surface area contributed by atoms with Crippen molar-refractivity contribution in [3.05, 3.63) is 72.4 Å². The number of hydrogen-bond acceptors (Lipinski definition) is 5. The van der Waals surface area contributed by atoms with Crippen LogP contribution in [0, 0.1) is 0 Å². The zero-order valence-electron chi connectivity index (χ0n) is 15.2. The quantitative estimate of drug-likeness (QED) is 0.607. The van der Waals surface area contributed by atoms with Crippen LogP contribution in [0.15, 0.2) is 66.9 Å². The molecule has 0 saturated heterocycles. The van der Waals surface area contributed by atoms with Crippen molar-refractivity contribution >= 4 is 23.1 Å². The van der Waals surface area contributed by atoms with E-state index in [4.69, 9.17) is 4.74 Å². The highest BCUT2D eigenvalue weighted by Crippen LogP contribution is 2.25. The molecule has 2 N–H and O–H groups in total. The van der Waals surface area contributed by atoms with Crippen LogP contribution >= 0.6 is 0 Å². The second-order valence-electron chi connectivity index (χ2n) is 5.78. The van der Waals surface area contributed by atoms with E-state index in [2.05, 4.69) is 20.4 Å². The first-order valence-corrected chi connectivity index (χ1v) is 8.37. The van der Waals surface area contributed by atoms with Crippen LogP contribution in [0.3, 0.4) is 0 Å². The summed E-state index contributed by atoms with van der Waals surface area (Å²) in [6.07, 6.45) is -3.24. The zero-order chi connectivity index (χ0) is 20.9. The van der Waals surface area contributed by atoms with Crippen LogP contribution in [0.5, 0.6) is 11.5 Å². The average molecular weight is 403 g/mol. The molecule has 0 bridgehead atoms. The minimum Gasteiger partial charge on any atom is -0.497 e. The SMILES string of the molecule is COc1ccc(Nc2ncccc2C(=O)Nc2ccc(OC(F)(F)F)cc2)cc1. The molecule has 2 aromatic carbocycles. The molecule has 3 rings (SSSR count). The second kappa shape index (κ2) is 8.51. The number of pyridine rings is 1. The Bertz CT molecular complexity index is 975. The average Bonchev–Trinajstić information content (AvgIpc) is 2.69. The van der Waals surface area contributed by atoms with E-state index in [1.54, 1.807) is 43.5 Å². The van der Waals surface area contributed by atoms with E-state index in [9.17, 15) is 18.0 Å². The highest BCUT2D eigenvalue weighted by atomic mass is 19.4.